The maximum absolute atomic E-state index is 11.9. The number of carbonyl (C=O) groups excluding carboxylic acids is 1. The molecule has 0 unspecified atom stereocenters. The third-order valence-electron chi connectivity index (χ3n) is 3.15. The maximum atomic E-state index is 11.9. The van der Waals surface area contributed by atoms with Gasteiger partial charge in [-0.15, -0.1) is 0 Å². The summed E-state index contributed by atoms with van der Waals surface area (Å²) in [6, 6.07) is 1.65. The molecule has 104 valence electrons. The molecule has 1 heterocycles. The number of nitrogens with two attached hydrogens (primary N) is 1. The van der Waals surface area contributed by atoms with E-state index in [-0.39, 0.29) is 5.91 Å². The fourth-order valence-corrected chi connectivity index (χ4v) is 1.79. The number of pyridine rings is 1. The van der Waals surface area contributed by atoms with Gasteiger partial charge in [0.25, 0.3) is 5.91 Å². The molecule has 1 aliphatic carbocycles. The predicted molar refractivity (Wildman–Crippen MR) is 73.9 cm³/mol. The van der Waals surface area contributed by atoms with Crippen molar-refractivity contribution in [3.05, 3.63) is 23.5 Å². The minimum absolute atomic E-state index is 0.125. The summed E-state index contributed by atoms with van der Waals surface area (Å²) >= 11 is 0. The molecule has 19 heavy (non-hydrogen) atoms. The van der Waals surface area contributed by atoms with Crippen LogP contribution in [0.3, 0.4) is 0 Å². The van der Waals surface area contributed by atoms with Gasteiger partial charge >= 0.3 is 0 Å². The van der Waals surface area contributed by atoms with Crippen LogP contribution in [0.5, 0.6) is 0 Å². The van der Waals surface area contributed by atoms with E-state index in [0.717, 1.165) is 18.9 Å². The fraction of sp³-hybridized carbons (Fsp3) is 0.571. The third kappa shape index (κ3) is 4.52. The van der Waals surface area contributed by atoms with E-state index in [2.05, 4.69) is 10.3 Å². The highest BCUT2D eigenvalue weighted by atomic mass is 16.5. The molecule has 5 nitrogen and oxygen atoms in total. The van der Waals surface area contributed by atoms with Gasteiger partial charge in [0.2, 0.25) is 0 Å². The molecule has 0 radical (unpaired) electrons. The molecule has 0 aromatic carbocycles. The lowest BCUT2D eigenvalue weighted by Crippen LogP contribution is -2.26. The molecule has 1 amide bonds. The second-order valence-electron chi connectivity index (χ2n) is 5.03. The normalized spacial score (nSPS) is 14.4. The van der Waals surface area contributed by atoms with E-state index < -0.39 is 0 Å². The summed E-state index contributed by atoms with van der Waals surface area (Å²) in [5, 5.41) is 2.86. The number of aryl methyl sites for hydroxylation is 1. The molecule has 2 rings (SSSR count). The van der Waals surface area contributed by atoms with Gasteiger partial charge in [0.15, 0.2) is 0 Å². The number of amides is 1. The van der Waals surface area contributed by atoms with Gasteiger partial charge in [-0.1, -0.05) is 0 Å². The number of aromatic nitrogens is 1. The number of hydrogen-bond donors (Lipinski definition) is 2. The standard InChI is InChI=1S/C14H21N3O2/c1-10-13(7-12(15)8-17-10)14(18)16-5-2-6-19-9-11-3-4-11/h7-8,11H,2-6,9,15H2,1H3,(H,16,18). The Balaban J connectivity index is 1.66. The topological polar surface area (TPSA) is 77.2 Å². The minimum atomic E-state index is -0.125. The molecule has 1 aromatic rings. The van der Waals surface area contributed by atoms with Crippen molar-refractivity contribution in [3.63, 3.8) is 0 Å². The first kappa shape index (κ1) is 13.8. The highest BCUT2D eigenvalue weighted by molar-refractivity contribution is 5.95. The molecule has 0 aliphatic heterocycles. The molecular formula is C14H21N3O2. The fourth-order valence-electron chi connectivity index (χ4n) is 1.79. The third-order valence-corrected chi connectivity index (χ3v) is 3.15. The van der Waals surface area contributed by atoms with E-state index in [1.165, 1.54) is 12.8 Å². The number of ether oxygens (including phenoxy) is 1. The lowest BCUT2D eigenvalue weighted by molar-refractivity contribution is 0.0936. The molecule has 1 aliphatic rings. The summed E-state index contributed by atoms with van der Waals surface area (Å²) in [6.45, 7) is 3.97. The summed E-state index contributed by atoms with van der Waals surface area (Å²) in [5.41, 5.74) is 7.37. The van der Waals surface area contributed by atoms with Crippen LogP contribution in [0, 0.1) is 12.8 Å². The molecule has 3 N–H and O–H groups in total. The lowest BCUT2D eigenvalue weighted by Gasteiger charge is -2.08. The van der Waals surface area contributed by atoms with Crippen LogP contribution in [0.1, 0.15) is 35.3 Å². The van der Waals surface area contributed by atoms with Crippen LogP contribution in [-0.4, -0.2) is 30.6 Å². The van der Waals surface area contributed by atoms with Crippen molar-refractivity contribution < 1.29 is 9.53 Å². The number of anilines is 1. The van der Waals surface area contributed by atoms with Gasteiger partial charge < -0.3 is 15.8 Å². The first-order chi connectivity index (χ1) is 9.16. The van der Waals surface area contributed by atoms with Gasteiger partial charge in [-0.2, -0.15) is 0 Å². The van der Waals surface area contributed by atoms with Crippen molar-refractivity contribution in [2.75, 3.05) is 25.5 Å². The smallest absolute Gasteiger partial charge is 0.253 e. The van der Waals surface area contributed by atoms with Crippen molar-refractivity contribution in [2.45, 2.75) is 26.2 Å². The van der Waals surface area contributed by atoms with Crippen molar-refractivity contribution >= 4 is 11.6 Å². The monoisotopic (exact) mass is 263 g/mol. The Bertz CT molecular complexity index is 444. The Hall–Kier alpha value is -1.62. The second kappa shape index (κ2) is 6.52. The van der Waals surface area contributed by atoms with E-state index >= 15 is 0 Å². The quantitative estimate of drug-likeness (QED) is 0.731. The zero-order valence-electron chi connectivity index (χ0n) is 11.3. The summed E-state index contributed by atoms with van der Waals surface area (Å²) < 4.78 is 5.50. The van der Waals surface area contributed by atoms with Crippen LogP contribution in [0.15, 0.2) is 12.3 Å². The van der Waals surface area contributed by atoms with Gasteiger partial charge in [-0.25, -0.2) is 0 Å². The van der Waals surface area contributed by atoms with Crippen LogP contribution in [-0.2, 0) is 4.74 Å². The predicted octanol–water partition coefficient (Wildman–Crippen LogP) is 1.52. The summed E-state index contributed by atoms with van der Waals surface area (Å²) in [4.78, 5) is 16.0. The zero-order valence-corrected chi connectivity index (χ0v) is 11.3. The minimum Gasteiger partial charge on any atom is -0.397 e. The van der Waals surface area contributed by atoms with Gasteiger partial charge in [0.1, 0.15) is 0 Å². The van der Waals surface area contributed by atoms with E-state index in [1.807, 2.05) is 0 Å². The first-order valence-corrected chi connectivity index (χ1v) is 6.75. The van der Waals surface area contributed by atoms with Gasteiger partial charge in [-0.3, -0.25) is 9.78 Å². The number of nitrogen functional groups attached to an aromatic ring is 1. The van der Waals surface area contributed by atoms with Crippen LogP contribution in [0.2, 0.25) is 0 Å². The largest absolute Gasteiger partial charge is 0.397 e. The van der Waals surface area contributed by atoms with Crippen molar-refractivity contribution in [1.29, 1.82) is 0 Å². The van der Waals surface area contributed by atoms with E-state index in [9.17, 15) is 4.79 Å². The van der Waals surface area contributed by atoms with Crippen LogP contribution >= 0.6 is 0 Å². The Kier molecular flexibility index (Phi) is 4.74. The lowest BCUT2D eigenvalue weighted by atomic mass is 10.2. The van der Waals surface area contributed by atoms with E-state index in [4.69, 9.17) is 10.5 Å². The van der Waals surface area contributed by atoms with Gasteiger partial charge in [0, 0.05) is 19.8 Å². The van der Waals surface area contributed by atoms with Crippen molar-refractivity contribution in [2.24, 2.45) is 5.92 Å². The number of rotatable bonds is 7. The average Bonchev–Trinajstić information content (AvgIpc) is 3.20. The average molecular weight is 263 g/mol. The highest BCUT2D eigenvalue weighted by Crippen LogP contribution is 2.28. The van der Waals surface area contributed by atoms with Gasteiger partial charge in [-0.05, 0) is 38.2 Å². The summed E-state index contributed by atoms with van der Waals surface area (Å²) in [6.07, 6.45) is 4.99. The number of carbonyl (C=O) groups is 1. The summed E-state index contributed by atoms with van der Waals surface area (Å²) in [7, 11) is 0. The number of nitrogens with one attached hydrogen (secondary N) is 1. The van der Waals surface area contributed by atoms with Crippen LogP contribution in [0.25, 0.3) is 0 Å². The van der Waals surface area contributed by atoms with E-state index in [0.29, 0.717) is 30.1 Å². The van der Waals surface area contributed by atoms with Crippen LogP contribution in [0.4, 0.5) is 5.69 Å². The number of nitrogens with zero attached hydrogens (tertiary/aromatic N) is 1. The molecule has 1 fully saturated rings. The molecular weight excluding hydrogens is 242 g/mol. The Morgan fingerprint density at radius 3 is 3.11 bits per heavy atom. The first-order valence-electron chi connectivity index (χ1n) is 6.75. The highest BCUT2D eigenvalue weighted by Gasteiger charge is 2.20. The molecule has 1 aromatic heterocycles. The summed E-state index contributed by atoms with van der Waals surface area (Å²) in [5.74, 6) is 0.662. The Morgan fingerprint density at radius 2 is 2.37 bits per heavy atom. The van der Waals surface area contributed by atoms with Crippen molar-refractivity contribution in [1.82, 2.24) is 10.3 Å². The number of hydrogen-bond acceptors (Lipinski definition) is 4. The molecule has 0 atom stereocenters. The molecule has 1 saturated carbocycles. The van der Waals surface area contributed by atoms with Crippen LogP contribution < -0.4 is 11.1 Å². The second-order valence-corrected chi connectivity index (χ2v) is 5.03. The van der Waals surface area contributed by atoms with Crippen molar-refractivity contribution in [3.8, 4) is 0 Å². The zero-order chi connectivity index (χ0) is 13.7. The SMILES string of the molecule is Cc1ncc(N)cc1C(=O)NCCCOCC1CC1. The maximum Gasteiger partial charge on any atom is 0.253 e. The Labute approximate surface area is 113 Å². The van der Waals surface area contributed by atoms with E-state index in [1.54, 1.807) is 19.2 Å². The molecule has 5 heteroatoms. The molecule has 0 saturated heterocycles. The molecule has 0 spiro atoms. The molecule has 0 bridgehead atoms. The van der Waals surface area contributed by atoms with Gasteiger partial charge in [0.05, 0.1) is 23.1 Å². The Morgan fingerprint density at radius 1 is 1.58 bits per heavy atom.